The molecule has 2 aromatic rings. The number of hydrogen-bond donors (Lipinski definition) is 1. The molecule has 92 valence electrons. The van der Waals surface area contributed by atoms with E-state index in [-0.39, 0.29) is 0 Å². The van der Waals surface area contributed by atoms with Gasteiger partial charge < -0.3 is 5.32 Å². The normalized spacial score (nSPS) is 10.2. The number of aromatic nitrogens is 2. The van der Waals surface area contributed by atoms with E-state index in [0.717, 1.165) is 0 Å². The molecule has 1 N–H and O–H groups in total. The molecule has 18 heavy (non-hydrogen) atoms. The Balaban J connectivity index is 2.19. The van der Waals surface area contributed by atoms with Crippen molar-refractivity contribution >= 4 is 43.6 Å². The van der Waals surface area contributed by atoms with E-state index in [2.05, 4.69) is 47.1 Å². The first-order valence-corrected chi connectivity index (χ1v) is 6.39. The molecule has 1 heterocycles. The SMILES string of the molecule is O=C(Nc1cnc(Br)cn1)c1ccc(F)cc1Br. The molecule has 0 spiro atoms. The first kappa shape index (κ1) is 13.1. The van der Waals surface area contributed by atoms with Crippen molar-refractivity contribution in [2.24, 2.45) is 0 Å². The smallest absolute Gasteiger partial charge is 0.258 e. The van der Waals surface area contributed by atoms with Crippen LogP contribution in [0, 0.1) is 5.82 Å². The van der Waals surface area contributed by atoms with Crippen LogP contribution in [0.15, 0.2) is 39.7 Å². The van der Waals surface area contributed by atoms with Crippen LogP contribution in [0.25, 0.3) is 0 Å². The second-order valence-electron chi connectivity index (χ2n) is 3.30. The van der Waals surface area contributed by atoms with E-state index in [1.54, 1.807) is 0 Å². The quantitative estimate of drug-likeness (QED) is 0.876. The molecule has 0 saturated carbocycles. The van der Waals surface area contributed by atoms with Crippen molar-refractivity contribution in [3.63, 3.8) is 0 Å². The summed E-state index contributed by atoms with van der Waals surface area (Å²) in [7, 11) is 0. The fraction of sp³-hybridized carbons (Fsp3) is 0. The summed E-state index contributed by atoms with van der Waals surface area (Å²) < 4.78 is 13.8. The highest BCUT2D eigenvalue weighted by atomic mass is 79.9. The maximum Gasteiger partial charge on any atom is 0.258 e. The third-order valence-corrected chi connectivity index (χ3v) is 3.10. The predicted molar refractivity (Wildman–Crippen MR) is 71.8 cm³/mol. The monoisotopic (exact) mass is 373 g/mol. The van der Waals surface area contributed by atoms with Gasteiger partial charge in [0.25, 0.3) is 5.91 Å². The molecular formula is C11H6Br2FN3O. The van der Waals surface area contributed by atoms with Gasteiger partial charge in [-0.3, -0.25) is 4.79 Å². The molecule has 0 fully saturated rings. The van der Waals surface area contributed by atoms with Crippen molar-refractivity contribution in [2.75, 3.05) is 5.32 Å². The van der Waals surface area contributed by atoms with Crippen LogP contribution in [0.5, 0.6) is 0 Å². The van der Waals surface area contributed by atoms with Crippen LogP contribution in [-0.4, -0.2) is 15.9 Å². The number of carbonyl (C=O) groups is 1. The average Bonchev–Trinajstić information content (AvgIpc) is 2.32. The number of benzene rings is 1. The second-order valence-corrected chi connectivity index (χ2v) is 4.97. The van der Waals surface area contributed by atoms with Crippen LogP contribution in [-0.2, 0) is 0 Å². The van der Waals surface area contributed by atoms with Gasteiger partial charge in [-0.1, -0.05) is 0 Å². The number of halogens is 3. The number of nitrogens with one attached hydrogen (secondary N) is 1. The van der Waals surface area contributed by atoms with Gasteiger partial charge in [-0.15, -0.1) is 0 Å². The lowest BCUT2D eigenvalue weighted by Crippen LogP contribution is -2.13. The predicted octanol–water partition coefficient (Wildman–Crippen LogP) is 3.39. The Morgan fingerprint density at radius 3 is 2.61 bits per heavy atom. The minimum Gasteiger partial charge on any atom is -0.305 e. The summed E-state index contributed by atoms with van der Waals surface area (Å²) in [5.41, 5.74) is 0.320. The molecule has 0 unspecified atom stereocenters. The summed E-state index contributed by atoms with van der Waals surface area (Å²) in [4.78, 5) is 19.8. The first-order chi connectivity index (χ1) is 8.56. The second kappa shape index (κ2) is 5.53. The summed E-state index contributed by atoms with van der Waals surface area (Å²) in [5.74, 6) is -0.486. The Hall–Kier alpha value is -1.34. The first-order valence-electron chi connectivity index (χ1n) is 4.80. The number of amides is 1. The van der Waals surface area contributed by atoms with Crippen LogP contribution in [0.3, 0.4) is 0 Å². The van der Waals surface area contributed by atoms with Gasteiger partial charge in [0.15, 0.2) is 5.82 Å². The molecule has 1 amide bonds. The molecule has 1 aromatic carbocycles. The zero-order valence-electron chi connectivity index (χ0n) is 8.82. The van der Waals surface area contributed by atoms with Gasteiger partial charge in [-0.2, -0.15) is 0 Å². The number of anilines is 1. The van der Waals surface area contributed by atoms with Gasteiger partial charge in [0.1, 0.15) is 10.4 Å². The molecule has 0 atom stereocenters. The van der Waals surface area contributed by atoms with E-state index < -0.39 is 11.7 Å². The van der Waals surface area contributed by atoms with Crippen LogP contribution < -0.4 is 5.32 Å². The zero-order chi connectivity index (χ0) is 13.1. The highest BCUT2D eigenvalue weighted by molar-refractivity contribution is 9.10. The number of rotatable bonds is 2. The topological polar surface area (TPSA) is 54.9 Å². The third-order valence-electron chi connectivity index (χ3n) is 2.04. The van der Waals surface area contributed by atoms with Gasteiger partial charge in [0.05, 0.1) is 18.0 Å². The van der Waals surface area contributed by atoms with Crippen molar-refractivity contribution < 1.29 is 9.18 Å². The van der Waals surface area contributed by atoms with Crippen LogP contribution in [0.2, 0.25) is 0 Å². The fourth-order valence-electron chi connectivity index (χ4n) is 1.23. The zero-order valence-corrected chi connectivity index (χ0v) is 12.0. The molecule has 0 aliphatic rings. The van der Waals surface area contributed by atoms with E-state index in [4.69, 9.17) is 0 Å². The van der Waals surface area contributed by atoms with Gasteiger partial charge in [0, 0.05) is 4.47 Å². The average molecular weight is 375 g/mol. The van der Waals surface area contributed by atoms with Crippen molar-refractivity contribution in [1.29, 1.82) is 0 Å². The molecule has 7 heteroatoms. The summed E-state index contributed by atoms with van der Waals surface area (Å²) in [5, 5.41) is 2.56. The van der Waals surface area contributed by atoms with Crippen molar-refractivity contribution in [3.8, 4) is 0 Å². The molecule has 4 nitrogen and oxygen atoms in total. The maximum absolute atomic E-state index is 12.9. The van der Waals surface area contributed by atoms with E-state index in [1.165, 1.54) is 30.6 Å². The van der Waals surface area contributed by atoms with E-state index in [0.29, 0.717) is 20.5 Å². The van der Waals surface area contributed by atoms with Crippen molar-refractivity contribution in [3.05, 3.63) is 51.0 Å². The maximum atomic E-state index is 12.9. The lowest BCUT2D eigenvalue weighted by molar-refractivity contribution is 0.102. The molecule has 0 saturated heterocycles. The minimum absolute atomic E-state index is 0.319. The van der Waals surface area contributed by atoms with E-state index in [1.807, 2.05) is 0 Å². The molecule has 0 bridgehead atoms. The standard InChI is InChI=1S/C11H6Br2FN3O/c12-8-3-6(14)1-2-7(8)11(18)17-10-5-15-9(13)4-16-10/h1-5H,(H,16,17,18). The number of carbonyl (C=O) groups excluding carboxylic acids is 1. The molecule has 0 aliphatic carbocycles. The fourth-order valence-corrected chi connectivity index (χ4v) is 1.97. The molecule has 2 rings (SSSR count). The lowest BCUT2D eigenvalue weighted by Gasteiger charge is -2.05. The highest BCUT2D eigenvalue weighted by Gasteiger charge is 2.11. The summed E-state index contributed by atoms with van der Waals surface area (Å²) in [6.07, 6.45) is 2.88. The van der Waals surface area contributed by atoms with Gasteiger partial charge in [-0.25, -0.2) is 14.4 Å². The number of hydrogen-bond acceptors (Lipinski definition) is 3. The highest BCUT2D eigenvalue weighted by Crippen LogP contribution is 2.19. The van der Waals surface area contributed by atoms with Crippen LogP contribution in [0.4, 0.5) is 10.2 Å². The lowest BCUT2D eigenvalue weighted by atomic mass is 10.2. The summed E-state index contributed by atoms with van der Waals surface area (Å²) >= 11 is 6.27. The molecule has 1 aromatic heterocycles. The Morgan fingerprint density at radius 2 is 2.00 bits per heavy atom. The van der Waals surface area contributed by atoms with Crippen LogP contribution >= 0.6 is 31.9 Å². The van der Waals surface area contributed by atoms with E-state index in [9.17, 15) is 9.18 Å². The van der Waals surface area contributed by atoms with Crippen molar-refractivity contribution in [1.82, 2.24) is 9.97 Å². The Kier molecular flexibility index (Phi) is 4.03. The van der Waals surface area contributed by atoms with Crippen molar-refractivity contribution in [2.45, 2.75) is 0 Å². The Bertz CT molecular complexity index is 589. The number of nitrogens with zero attached hydrogens (tertiary/aromatic N) is 2. The van der Waals surface area contributed by atoms with E-state index >= 15 is 0 Å². The van der Waals surface area contributed by atoms with Gasteiger partial charge >= 0.3 is 0 Å². The molecule has 0 radical (unpaired) electrons. The Morgan fingerprint density at radius 1 is 1.22 bits per heavy atom. The van der Waals surface area contributed by atoms with Gasteiger partial charge in [0.2, 0.25) is 0 Å². The Labute approximate surface area is 119 Å². The largest absolute Gasteiger partial charge is 0.305 e. The third kappa shape index (κ3) is 3.11. The van der Waals surface area contributed by atoms with Crippen LogP contribution in [0.1, 0.15) is 10.4 Å². The molecule has 0 aliphatic heterocycles. The van der Waals surface area contributed by atoms with Gasteiger partial charge in [-0.05, 0) is 50.1 Å². The molecular weight excluding hydrogens is 369 g/mol. The minimum atomic E-state index is -0.415. The summed E-state index contributed by atoms with van der Waals surface area (Å²) in [6, 6.07) is 3.83. The summed E-state index contributed by atoms with van der Waals surface area (Å²) in [6.45, 7) is 0.